The van der Waals surface area contributed by atoms with Crippen LogP contribution in [0.1, 0.15) is 50.8 Å². The van der Waals surface area contributed by atoms with Crippen LogP contribution in [0, 0.1) is 20.8 Å². The smallest absolute Gasteiger partial charge is 0.251 e. The van der Waals surface area contributed by atoms with Crippen LogP contribution in [-0.2, 0) is 19.5 Å². The normalized spacial score (nSPS) is 11.1. The maximum Gasteiger partial charge on any atom is 0.251 e. The Balaban J connectivity index is 1.56. The van der Waals surface area contributed by atoms with E-state index in [9.17, 15) is 4.79 Å². The van der Waals surface area contributed by atoms with Gasteiger partial charge in [-0.1, -0.05) is 61.0 Å². The fourth-order valence-corrected chi connectivity index (χ4v) is 4.17. The molecule has 1 N–H and O–H groups in total. The molecular formula is C28H30N2O. The highest BCUT2D eigenvalue weighted by Gasteiger charge is 2.14. The minimum Gasteiger partial charge on any atom is -0.348 e. The van der Waals surface area contributed by atoms with Gasteiger partial charge in [0, 0.05) is 35.2 Å². The molecule has 0 aliphatic heterocycles. The summed E-state index contributed by atoms with van der Waals surface area (Å²) in [6, 6.07) is 23.1. The van der Waals surface area contributed by atoms with Crippen molar-refractivity contribution in [2.75, 3.05) is 0 Å². The number of amides is 1. The fourth-order valence-electron chi connectivity index (χ4n) is 4.17. The van der Waals surface area contributed by atoms with Gasteiger partial charge in [0.25, 0.3) is 5.91 Å². The average Bonchev–Trinajstić information content (AvgIpc) is 3.02. The molecule has 0 atom stereocenters. The first-order chi connectivity index (χ1) is 15.0. The summed E-state index contributed by atoms with van der Waals surface area (Å²) >= 11 is 0. The van der Waals surface area contributed by atoms with Crippen LogP contribution in [0.2, 0.25) is 0 Å². The van der Waals surface area contributed by atoms with E-state index in [1.54, 1.807) is 0 Å². The van der Waals surface area contributed by atoms with E-state index in [0.29, 0.717) is 12.1 Å². The number of nitrogens with one attached hydrogen (secondary N) is 1. The maximum absolute atomic E-state index is 12.8. The van der Waals surface area contributed by atoms with Crippen molar-refractivity contribution in [1.82, 2.24) is 9.88 Å². The van der Waals surface area contributed by atoms with Gasteiger partial charge >= 0.3 is 0 Å². The number of carbonyl (C=O) groups excluding carboxylic acids is 1. The lowest BCUT2D eigenvalue weighted by Crippen LogP contribution is -2.22. The third-order valence-corrected chi connectivity index (χ3v) is 6.21. The van der Waals surface area contributed by atoms with Crippen molar-refractivity contribution in [3.8, 4) is 0 Å². The molecule has 4 rings (SSSR count). The number of hydrogen-bond donors (Lipinski definition) is 1. The molecule has 0 saturated heterocycles. The Morgan fingerprint density at radius 1 is 0.871 bits per heavy atom. The Morgan fingerprint density at radius 3 is 2.32 bits per heavy atom. The highest BCUT2D eigenvalue weighted by Crippen LogP contribution is 2.27. The Bertz CT molecular complexity index is 1230. The minimum absolute atomic E-state index is 0.0371. The predicted molar refractivity (Wildman–Crippen MR) is 129 cm³/mol. The Labute approximate surface area is 184 Å². The van der Waals surface area contributed by atoms with Crippen molar-refractivity contribution < 1.29 is 4.79 Å². The zero-order valence-electron chi connectivity index (χ0n) is 18.8. The van der Waals surface area contributed by atoms with Gasteiger partial charge in [-0.2, -0.15) is 0 Å². The molecule has 0 fully saturated rings. The number of hydrogen-bond acceptors (Lipinski definition) is 1. The third-order valence-electron chi connectivity index (χ3n) is 6.21. The number of benzene rings is 3. The summed E-state index contributed by atoms with van der Waals surface area (Å²) in [6.07, 6.45) is 1.02. The van der Waals surface area contributed by atoms with E-state index < -0.39 is 0 Å². The van der Waals surface area contributed by atoms with Crippen LogP contribution in [0.3, 0.4) is 0 Å². The van der Waals surface area contributed by atoms with Gasteiger partial charge in [-0.15, -0.1) is 0 Å². The molecule has 0 spiro atoms. The van der Waals surface area contributed by atoms with Gasteiger partial charge in [-0.25, -0.2) is 0 Å². The number of rotatable bonds is 6. The van der Waals surface area contributed by atoms with Crippen LogP contribution in [0.4, 0.5) is 0 Å². The second-order valence-electron chi connectivity index (χ2n) is 8.37. The molecule has 0 bridgehead atoms. The van der Waals surface area contributed by atoms with Crippen molar-refractivity contribution in [3.05, 3.63) is 106 Å². The van der Waals surface area contributed by atoms with E-state index in [4.69, 9.17) is 0 Å². The molecule has 3 nitrogen and oxygen atoms in total. The van der Waals surface area contributed by atoms with Gasteiger partial charge in [0.15, 0.2) is 0 Å². The molecular weight excluding hydrogens is 380 g/mol. The molecule has 1 aromatic heterocycles. The molecule has 0 aliphatic carbocycles. The number of fused-ring (bicyclic) bond motifs is 1. The Kier molecular flexibility index (Phi) is 5.94. The summed E-state index contributed by atoms with van der Waals surface area (Å²) in [7, 11) is 0. The first kappa shape index (κ1) is 20.9. The van der Waals surface area contributed by atoms with Gasteiger partial charge < -0.3 is 9.88 Å². The SMILES string of the molecule is CCc1ccc(CNC(=O)c2ccc3c(c2)c(C)c(C)n3Cc2cccc(C)c2)cc1. The molecule has 1 amide bonds. The highest BCUT2D eigenvalue weighted by molar-refractivity contribution is 5.99. The summed E-state index contributed by atoms with van der Waals surface area (Å²) in [5, 5.41) is 4.20. The predicted octanol–water partition coefficient (Wildman–Crippen LogP) is 6.11. The van der Waals surface area contributed by atoms with E-state index in [1.165, 1.54) is 33.5 Å². The quantitative estimate of drug-likeness (QED) is 0.409. The molecule has 0 unspecified atom stereocenters. The van der Waals surface area contributed by atoms with E-state index >= 15 is 0 Å². The molecule has 31 heavy (non-hydrogen) atoms. The van der Waals surface area contributed by atoms with E-state index in [2.05, 4.69) is 92.2 Å². The van der Waals surface area contributed by atoms with Crippen molar-refractivity contribution >= 4 is 16.8 Å². The fraction of sp³-hybridized carbons (Fsp3) is 0.250. The second-order valence-corrected chi connectivity index (χ2v) is 8.37. The largest absolute Gasteiger partial charge is 0.348 e. The van der Waals surface area contributed by atoms with Gasteiger partial charge in [0.1, 0.15) is 0 Å². The molecule has 4 aromatic rings. The zero-order chi connectivity index (χ0) is 22.0. The lowest BCUT2D eigenvalue weighted by atomic mass is 10.1. The lowest BCUT2D eigenvalue weighted by molar-refractivity contribution is 0.0951. The number of carbonyl (C=O) groups is 1. The van der Waals surface area contributed by atoms with E-state index in [0.717, 1.165) is 23.9 Å². The maximum atomic E-state index is 12.8. The zero-order valence-corrected chi connectivity index (χ0v) is 18.8. The van der Waals surface area contributed by atoms with Gasteiger partial charge in [0.05, 0.1) is 0 Å². The van der Waals surface area contributed by atoms with Gasteiger partial charge in [-0.05, 0) is 67.6 Å². The standard InChI is InChI=1S/C28H30N2O/c1-5-22-9-11-23(12-10-22)17-29-28(31)25-13-14-27-26(16-25)20(3)21(4)30(27)18-24-8-6-7-19(2)15-24/h6-16H,5,17-18H2,1-4H3,(H,29,31). The molecule has 0 saturated carbocycles. The van der Waals surface area contributed by atoms with Crippen molar-refractivity contribution in [2.24, 2.45) is 0 Å². The Hall–Kier alpha value is -3.33. The summed E-state index contributed by atoms with van der Waals surface area (Å²) in [5.74, 6) is -0.0371. The summed E-state index contributed by atoms with van der Waals surface area (Å²) in [5.41, 5.74) is 9.32. The van der Waals surface area contributed by atoms with Crippen molar-refractivity contribution in [3.63, 3.8) is 0 Å². The topological polar surface area (TPSA) is 34.0 Å². The number of aryl methyl sites for hydroxylation is 3. The number of aromatic nitrogens is 1. The van der Waals surface area contributed by atoms with E-state index in [-0.39, 0.29) is 5.91 Å². The lowest BCUT2D eigenvalue weighted by Gasteiger charge is -2.10. The van der Waals surface area contributed by atoms with Crippen LogP contribution >= 0.6 is 0 Å². The van der Waals surface area contributed by atoms with Crippen LogP contribution in [-0.4, -0.2) is 10.5 Å². The summed E-state index contributed by atoms with van der Waals surface area (Å²) in [4.78, 5) is 12.8. The third kappa shape index (κ3) is 4.41. The molecule has 158 valence electrons. The van der Waals surface area contributed by atoms with Crippen LogP contribution in [0.15, 0.2) is 66.7 Å². The first-order valence-electron chi connectivity index (χ1n) is 11.0. The monoisotopic (exact) mass is 410 g/mol. The average molecular weight is 411 g/mol. The van der Waals surface area contributed by atoms with Crippen molar-refractivity contribution in [1.29, 1.82) is 0 Å². The summed E-state index contributed by atoms with van der Waals surface area (Å²) < 4.78 is 2.34. The molecule has 0 radical (unpaired) electrons. The van der Waals surface area contributed by atoms with E-state index in [1.807, 2.05) is 12.1 Å². The summed E-state index contributed by atoms with van der Waals surface area (Å²) in [6.45, 7) is 9.93. The van der Waals surface area contributed by atoms with Gasteiger partial charge in [0.2, 0.25) is 0 Å². The van der Waals surface area contributed by atoms with Gasteiger partial charge in [-0.3, -0.25) is 4.79 Å². The van der Waals surface area contributed by atoms with Crippen molar-refractivity contribution in [2.45, 2.75) is 47.2 Å². The molecule has 3 heteroatoms. The molecule has 1 heterocycles. The number of nitrogens with zero attached hydrogens (tertiary/aromatic N) is 1. The minimum atomic E-state index is -0.0371. The molecule has 0 aliphatic rings. The van der Waals surface area contributed by atoms with Crippen LogP contribution in [0.5, 0.6) is 0 Å². The second kappa shape index (κ2) is 8.81. The Morgan fingerprint density at radius 2 is 1.61 bits per heavy atom. The highest BCUT2D eigenvalue weighted by atomic mass is 16.1. The first-order valence-corrected chi connectivity index (χ1v) is 11.0. The van der Waals surface area contributed by atoms with Crippen LogP contribution < -0.4 is 5.32 Å². The molecule has 3 aromatic carbocycles. The van der Waals surface area contributed by atoms with Crippen LogP contribution in [0.25, 0.3) is 10.9 Å².